The third kappa shape index (κ3) is 3.19. The van der Waals surface area contributed by atoms with Crippen LogP contribution < -0.4 is 0 Å². The highest BCUT2D eigenvalue weighted by atomic mass is 16.5. The minimum atomic E-state index is -0.716. The second-order valence-electron chi connectivity index (χ2n) is 10.6. The summed E-state index contributed by atoms with van der Waals surface area (Å²) in [5.41, 5.74) is 2.59. The monoisotopic (exact) mass is 400 g/mol. The maximum atomic E-state index is 12.7. The van der Waals surface area contributed by atoms with E-state index >= 15 is 0 Å². The Morgan fingerprint density at radius 1 is 1.34 bits per heavy atom. The van der Waals surface area contributed by atoms with Crippen molar-refractivity contribution >= 4 is 5.78 Å². The van der Waals surface area contributed by atoms with Crippen molar-refractivity contribution in [2.24, 2.45) is 29.1 Å². The van der Waals surface area contributed by atoms with E-state index in [9.17, 15) is 15.0 Å². The van der Waals surface area contributed by atoms with E-state index in [0.29, 0.717) is 11.5 Å². The van der Waals surface area contributed by atoms with Crippen molar-refractivity contribution in [2.45, 2.75) is 78.1 Å². The number of aliphatic hydroxyl groups excluding tert-OH is 2. The average molecular weight is 401 g/mol. The van der Waals surface area contributed by atoms with Gasteiger partial charge in [-0.25, -0.2) is 0 Å². The first kappa shape index (κ1) is 21.0. The van der Waals surface area contributed by atoms with Crippen LogP contribution in [0.25, 0.3) is 0 Å². The van der Waals surface area contributed by atoms with E-state index < -0.39 is 6.10 Å². The minimum Gasteiger partial charge on any atom is -0.392 e. The molecule has 1 saturated heterocycles. The molecule has 0 aromatic heterocycles. The van der Waals surface area contributed by atoms with E-state index in [0.717, 1.165) is 31.3 Å². The van der Waals surface area contributed by atoms with Crippen LogP contribution in [0, 0.1) is 29.1 Å². The zero-order chi connectivity index (χ0) is 21.1. The summed E-state index contributed by atoms with van der Waals surface area (Å²) in [6.07, 6.45) is 8.90. The van der Waals surface area contributed by atoms with E-state index in [-0.39, 0.29) is 47.3 Å². The predicted octanol–water partition coefficient (Wildman–Crippen LogP) is 3.98. The minimum absolute atomic E-state index is 0.0356. The lowest BCUT2D eigenvalue weighted by Gasteiger charge is -2.46. The lowest BCUT2D eigenvalue weighted by molar-refractivity contribution is -0.123. The van der Waals surface area contributed by atoms with Crippen LogP contribution in [0.3, 0.4) is 0 Å². The Kier molecular flexibility index (Phi) is 5.20. The molecule has 160 valence electrons. The average Bonchev–Trinajstić information content (AvgIpc) is 3.17. The molecule has 2 N–H and O–H groups in total. The molecule has 4 heteroatoms. The molecule has 0 radical (unpaired) electrons. The van der Waals surface area contributed by atoms with Crippen LogP contribution in [-0.4, -0.2) is 40.4 Å². The van der Waals surface area contributed by atoms with Gasteiger partial charge >= 0.3 is 0 Å². The van der Waals surface area contributed by atoms with Gasteiger partial charge in [0.15, 0.2) is 5.78 Å². The Balaban J connectivity index is 1.77. The summed E-state index contributed by atoms with van der Waals surface area (Å²) in [4.78, 5) is 12.7. The number of ether oxygens (including phenoxy) is 1. The Labute approximate surface area is 174 Å². The number of allylic oxidation sites excluding steroid dienone is 3. The largest absolute Gasteiger partial charge is 0.392 e. The summed E-state index contributed by atoms with van der Waals surface area (Å²) < 4.78 is 6.75. The molecular formula is C25H36O4. The second-order valence-corrected chi connectivity index (χ2v) is 10.6. The van der Waals surface area contributed by atoms with Gasteiger partial charge in [-0.05, 0) is 75.4 Å². The van der Waals surface area contributed by atoms with Gasteiger partial charge < -0.3 is 14.9 Å². The molecule has 1 saturated carbocycles. The SMILES string of the molecule is CC(C)=C[C@H]1C[C@H](C)[C@]2(CC[C@]3(C)C[C@@H]4C(C)=CC(=O)[C@H]4/C(CO)=C\[C@H](O)[C@H]32)O1. The van der Waals surface area contributed by atoms with E-state index in [4.69, 9.17) is 4.74 Å². The van der Waals surface area contributed by atoms with Crippen LogP contribution >= 0.6 is 0 Å². The maximum Gasteiger partial charge on any atom is 0.163 e. The fourth-order valence-corrected chi connectivity index (χ4v) is 7.14. The highest BCUT2D eigenvalue weighted by Crippen LogP contribution is 2.63. The van der Waals surface area contributed by atoms with Crippen LogP contribution in [-0.2, 0) is 9.53 Å². The van der Waals surface area contributed by atoms with Crippen molar-refractivity contribution in [1.29, 1.82) is 0 Å². The van der Waals surface area contributed by atoms with Crippen LogP contribution in [0.5, 0.6) is 0 Å². The van der Waals surface area contributed by atoms with Crippen LogP contribution in [0.15, 0.2) is 34.9 Å². The summed E-state index contributed by atoms with van der Waals surface area (Å²) in [5.74, 6) is 0.189. The van der Waals surface area contributed by atoms with Gasteiger partial charge in [-0.1, -0.05) is 37.1 Å². The van der Waals surface area contributed by atoms with E-state index in [2.05, 4.69) is 33.8 Å². The maximum absolute atomic E-state index is 12.7. The molecule has 0 unspecified atom stereocenters. The lowest BCUT2D eigenvalue weighted by atomic mass is 9.61. The van der Waals surface area contributed by atoms with Gasteiger partial charge in [-0.15, -0.1) is 0 Å². The number of carbonyl (C=O) groups excluding carboxylic acids is 1. The molecule has 1 spiro atoms. The Hall–Kier alpha value is -1.23. The zero-order valence-electron chi connectivity index (χ0n) is 18.4. The molecule has 4 rings (SSSR count). The number of hydrogen-bond donors (Lipinski definition) is 2. The third-order valence-electron chi connectivity index (χ3n) is 8.33. The molecule has 0 amide bonds. The van der Waals surface area contributed by atoms with E-state index in [1.807, 2.05) is 6.92 Å². The number of fused-ring (bicyclic) bond motifs is 3. The fourth-order valence-electron chi connectivity index (χ4n) is 7.14. The molecule has 29 heavy (non-hydrogen) atoms. The Morgan fingerprint density at radius 3 is 2.72 bits per heavy atom. The summed E-state index contributed by atoms with van der Waals surface area (Å²) in [5, 5.41) is 21.5. The molecular weight excluding hydrogens is 364 g/mol. The molecule has 0 aromatic rings. The van der Waals surface area contributed by atoms with Gasteiger partial charge in [-0.2, -0.15) is 0 Å². The summed E-state index contributed by atoms with van der Waals surface area (Å²) in [6, 6.07) is 0. The molecule has 8 atom stereocenters. The van der Waals surface area contributed by atoms with Crippen LogP contribution in [0.1, 0.15) is 60.3 Å². The normalized spacial score (nSPS) is 48.4. The molecule has 4 aliphatic rings. The van der Waals surface area contributed by atoms with Gasteiger partial charge in [-0.3, -0.25) is 4.79 Å². The van der Waals surface area contributed by atoms with Gasteiger partial charge in [0.2, 0.25) is 0 Å². The standard InChI is InChI=1S/C25H36O4/c1-14(2)8-18-10-16(4)25(29-18)7-6-24(5)12-19-15(3)9-20(27)22(19)17(13-26)11-21(28)23(24)25/h8-9,11,16,18-19,21-23,26,28H,6-7,10,12-13H2,1-5H3/b17-11-/t16-,18-,19+,21-,22-,23+,24+,25-/m0/s1. The summed E-state index contributed by atoms with van der Waals surface area (Å²) in [7, 11) is 0. The molecule has 3 aliphatic carbocycles. The quantitative estimate of drug-likeness (QED) is 0.688. The third-order valence-corrected chi connectivity index (χ3v) is 8.33. The highest BCUT2D eigenvalue weighted by molar-refractivity contribution is 5.97. The number of carbonyl (C=O) groups is 1. The second kappa shape index (κ2) is 7.18. The molecule has 1 aliphatic heterocycles. The van der Waals surface area contributed by atoms with Crippen molar-refractivity contribution in [3.8, 4) is 0 Å². The topological polar surface area (TPSA) is 66.8 Å². The zero-order valence-corrected chi connectivity index (χ0v) is 18.4. The van der Waals surface area contributed by atoms with Crippen molar-refractivity contribution in [3.63, 3.8) is 0 Å². The highest BCUT2D eigenvalue weighted by Gasteiger charge is 2.64. The van der Waals surface area contributed by atoms with Crippen molar-refractivity contribution in [2.75, 3.05) is 6.61 Å². The molecule has 4 nitrogen and oxygen atoms in total. The van der Waals surface area contributed by atoms with Gasteiger partial charge in [0.1, 0.15) is 0 Å². The van der Waals surface area contributed by atoms with Crippen molar-refractivity contribution in [1.82, 2.24) is 0 Å². The predicted molar refractivity (Wildman–Crippen MR) is 113 cm³/mol. The van der Waals surface area contributed by atoms with Crippen molar-refractivity contribution in [3.05, 3.63) is 34.9 Å². The van der Waals surface area contributed by atoms with Gasteiger partial charge in [0.25, 0.3) is 0 Å². The number of ketones is 1. The van der Waals surface area contributed by atoms with Crippen LogP contribution in [0.4, 0.5) is 0 Å². The number of hydrogen-bond acceptors (Lipinski definition) is 4. The first-order valence-electron chi connectivity index (χ1n) is 11.2. The number of rotatable bonds is 2. The molecule has 2 fully saturated rings. The van der Waals surface area contributed by atoms with Gasteiger partial charge in [0, 0.05) is 5.92 Å². The van der Waals surface area contributed by atoms with Gasteiger partial charge in [0.05, 0.1) is 30.3 Å². The number of aliphatic hydroxyl groups is 2. The molecule has 1 heterocycles. The van der Waals surface area contributed by atoms with Crippen molar-refractivity contribution < 1.29 is 19.7 Å². The Morgan fingerprint density at radius 2 is 2.07 bits per heavy atom. The van der Waals surface area contributed by atoms with Crippen LogP contribution in [0.2, 0.25) is 0 Å². The molecule has 0 aromatic carbocycles. The first-order valence-corrected chi connectivity index (χ1v) is 11.2. The molecule has 0 bridgehead atoms. The Bertz CT molecular complexity index is 789. The summed E-state index contributed by atoms with van der Waals surface area (Å²) >= 11 is 0. The fraction of sp³-hybridized carbons (Fsp3) is 0.720. The van der Waals surface area contributed by atoms with E-state index in [1.165, 1.54) is 5.57 Å². The lowest BCUT2D eigenvalue weighted by Crippen LogP contribution is -2.50. The van der Waals surface area contributed by atoms with E-state index in [1.54, 1.807) is 12.2 Å². The first-order chi connectivity index (χ1) is 13.6. The smallest absolute Gasteiger partial charge is 0.163 e. The summed E-state index contributed by atoms with van der Waals surface area (Å²) in [6.45, 7) is 10.6.